The van der Waals surface area contributed by atoms with Gasteiger partial charge < -0.3 is 15.5 Å². The molecular formula is C18H24N4O2S. The van der Waals surface area contributed by atoms with E-state index in [1.54, 1.807) is 27.8 Å². The second kappa shape index (κ2) is 8.73. The zero-order chi connectivity index (χ0) is 18.4. The number of carbonyl (C=O) groups excluding carboxylic acids is 2. The van der Waals surface area contributed by atoms with E-state index in [1.807, 2.05) is 40.1 Å². The molecule has 0 bridgehead atoms. The Morgan fingerprint density at radius 3 is 2.56 bits per heavy atom. The fraction of sp³-hybridized carbons (Fsp3) is 0.389. The van der Waals surface area contributed by atoms with Gasteiger partial charge in [0.15, 0.2) is 0 Å². The first-order valence-electron chi connectivity index (χ1n) is 8.09. The fourth-order valence-electron chi connectivity index (χ4n) is 2.33. The molecule has 0 atom stereocenters. The van der Waals surface area contributed by atoms with E-state index in [0.717, 1.165) is 16.1 Å². The van der Waals surface area contributed by atoms with Crippen molar-refractivity contribution in [2.75, 3.05) is 31.3 Å². The highest BCUT2D eigenvalue weighted by atomic mass is 32.1. The van der Waals surface area contributed by atoms with Crippen LogP contribution in [0.4, 0.5) is 11.4 Å². The van der Waals surface area contributed by atoms with Crippen LogP contribution in [0.15, 0.2) is 23.7 Å². The van der Waals surface area contributed by atoms with Gasteiger partial charge in [-0.25, -0.2) is 4.98 Å². The Kier molecular flexibility index (Phi) is 6.66. The van der Waals surface area contributed by atoms with Crippen molar-refractivity contribution in [1.82, 2.24) is 9.88 Å². The van der Waals surface area contributed by atoms with Crippen LogP contribution in [0.5, 0.6) is 0 Å². The molecule has 25 heavy (non-hydrogen) atoms. The third kappa shape index (κ3) is 5.95. The molecule has 2 N–H and O–H groups in total. The van der Waals surface area contributed by atoms with E-state index >= 15 is 0 Å². The number of hydrogen-bond donors (Lipinski definition) is 2. The molecule has 134 valence electrons. The van der Waals surface area contributed by atoms with Crippen molar-refractivity contribution in [2.45, 2.75) is 26.7 Å². The number of aromatic nitrogens is 1. The van der Waals surface area contributed by atoms with Gasteiger partial charge in [-0.3, -0.25) is 9.59 Å². The molecule has 1 aromatic heterocycles. The molecule has 2 amide bonds. The van der Waals surface area contributed by atoms with Crippen molar-refractivity contribution in [3.63, 3.8) is 0 Å². The van der Waals surface area contributed by atoms with Gasteiger partial charge in [0, 0.05) is 22.7 Å². The van der Waals surface area contributed by atoms with Gasteiger partial charge in [0.1, 0.15) is 0 Å². The standard InChI is InChI=1S/C18H24N4O2S/c1-12-5-6-14(20-18(24)10-22(3)4)9-15(12)21-17(23)8-7-16-13(2)19-11-25-16/h5-6,9,11H,7-8,10H2,1-4H3,(H,20,24)(H,21,23). The van der Waals surface area contributed by atoms with Gasteiger partial charge in [0.05, 0.1) is 17.7 Å². The van der Waals surface area contributed by atoms with Crippen LogP contribution in [0.2, 0.25) is 0 Å². The minimum atomic E-state index is -0.0909. The summed E-state index contributed by atoms with van der Waals surface area (Å²) in [4.78, 5) is 31.2. The lowest BCUT2D eigenvalue weighted by Crippen LogP contribution is -2.27. The lowest BCUT2D eigenvalue weighted by atomic mass is 10.1. The maximum absolute atomic E-state index is 12.2. The number of thiazole rings is 1. The number of anilines is 2. The number of benzene rings is 1. The first-order chi connectivity index (χ1) is 11.8. The predicted octanol–water partition coefficient (Wildman–Crippen LogP) is 2.83. The smallest absolute Gasteiger partial charge is 0.238 e. The van der Waals surface area contributed by atoms with Gasteiger partial charge in [0.2, 0.25) is 11.8 Å². The first-order valence-corrected chi connectivity index (χ1v) is 8.97. The normalized spacial score (nSPS) is 10.8. The number of carbonyl (C=O) groups is 2. The minimum Gasteiger partial charge on any atom is -0.326 e. The highest BCUT2D eigenvalue weighted by molar-refractivity contribution is 7.09. The Hall–Kier alpha value is -2.25. The van der Waals surface area contributed by atoms with Crippen molar-refractivity contribution in [1.29, 1.82) is 0 Å². The van der Waals surface area contributed by atoms with E-state index in [0.29, 0.717) is 30.8 Å². The van der Waals surface area contributed by atoms with Gasteiger partial charge >= 0.3 is 0 Å². The van der Waals surface area contributed by atoms with E-state index in [2.05, 4.69) is 15.6 Å². The molecule has 1 heterocycles. The van der Waals surface area contributed by atoms with Crippen LogP contribution in [0, 0.1) is 13.8 Å². The fourth-order valence-corrected chi connectivity index (χ4v) is 3.11. The van der Waals surface area contributed by atoms with Gasteiger partial charge in [0.25, 0.3) is 0 Å². The molecule has 6 nitrogen and oxygen atoms in total. The SMILES string of the molecule is Cc1ccc(NC(=O)CN(C)C)cc1NC(=O)CCc1scnc1C. The predicted molar refractivity (Wildman–Crippen MR) is 102 cm³/mol. The van der Waals surface area contributed by atoms with Crippen molar-refractivity contribution >= 4 is 34.5 Å². The van der Waals surface area contributed by atoms with Crippen LogP contribution in [-0.4, -0.2) is 42.3 Å². The molecule has 0 saturated carbocycles. The summed E-state index contributed by atoms with van der Waals surface area (Å²) in [7, 11) is 3.68. The Morgan fingerprint density at radius 2 is 1.92 bits per heavy atom. The lowest BCUT2D eigenvalue weighted by molar-refractivity contribution is -0.117. The molecule has 0 fully saturated rings. The van der Waals surface area contributed by atoms with E-state index in [1.165, 1.54) is 0 Å². The Labute approximate surface area is 152 Å². The third-order valence-corrected chi connectivity index (χ3v) is 4.67. The van der Waals surface area contributed by atoms with Crippen LogP contribution in [0.1, 0.15) is 22.6 Å². The van der Waals surface area contributed by atoms with Crippen molar-refractivity contribution in [2.24, 2.45) is 0 Å². The molecule has 2 rings (SSSR count). The summed E-state index contributed by atoms with van der Waals surface area (Å²) >= 11 is 1.57. The second-order valence-electron chi connectivity index (χ2n) is 6.22. The molecule has 0 saturated heterocycles. The number of rotatable bonds is 7. The number of nitrogens with zero attached hydrogens (tertiary/aromatic N) is 2. The number of likely N-dealkylation sites (N-methyl/N-ethyl adjacent to an activating group) is 1. The summed E-state index contributed by atoms with van der Waals surface area (Å²) in [5.41, 5.74) is 5.12. The van der Waals surface area contributed by atoms with Gasteiger partial charge in [-0.15, -0.1) is 11.3 Å². The van der Waals surface area contributed by atoms with Crippen molar-refractivity contribution in [3.8, 4) is 0 Å². The minimum absolute atomic E-state index is 0.0485. The van der Waals surface area contributed by atoms with E-state index in [-0.39, 0.29) is 11.8 Å². The molecule has 0 aliphatic carbocycles. The summed E-state index contributed by atoms with van der Waals surface area (Å²) < 4.78 is 0. The van der Waals surface area contributed by atoms with E-state index in [4.69, 9.17) is 0 Å². The quantitative estimate of drug-likeness (QED) is 0.796. The van der Waals surface area contributed by atoms with E-state index < -0.39 is 0 Å². The molecule has 7 heteroatoms. The number of aryl methyl sites for hydroxylation is 3. The van der Waals surface area contributed by atoms with Crippen LogP contribution >= 0.6 is 11.3 Å². The summed E-state index contributed by atoms with van der Waals surface area (Å²) in [6.45, 7) is 4.19. The summed E-state index contributed by atoms with van der Waals surface area (Å²) in [6.07, 6.45) is 1.08. The Morgan fingerprint density at radius 1 is 1.16 bits per heavy atom. The lowest BCUT2D eigenvalue weighted by Gasteiger charge is -2.13. The monoisotopic (exact) mass is 360 g/mol. The van der Waals surface area contributed by atoms with Crippen LogP contribution in [0.25, 0.3) is 0 Å². The topological polar surface area (TPSA) is 74.3 Å². The largest absolute Gasteiger partial charge is 0.326 e. The summed E-state index contributed by atoms with van der Waals surface area (Å²) in [5.74, 6) is -0.139. The molecule has 0 spiro atoms. The maximum Gasteiger partial charge on any atom is 0.238 e. The number of nitrogens with one attached hydrogen (secondary N) is 2. The molecule has 1 aromatic carbocycles. The Balaban J connectivity index is 1.96. The highest BCUT2D eigenvalue weighted by Crippen LogP contribution is 2.21. The van der Waals surface area contributed by atoms with Crippen molar-refractivity contribution < 1.29 is 9.59 Å². The molecule has 0 aliphatic rings. The zero-order valence-electron chi connectivity index (χ0n) is 15.0. The van der Waals surface area contributed by atoms with Crippen molar-refractivity contribution in [3.05, 3.63) is 39.8 Å². The molecular weight excluding hydrogens is 336 g/mol. The molecule has 0 unspecified atom stereocenters. The summed E-state index contributed by atoms with van der Waals surface area (Å²) in [6, 6.07) is 5.51. The Bertz CT molecular complexity index is 755. The number of hydrogen-bond acceptors (Lipinski definition) is 5. The van der Waals surface area contributed by atoms with Gasteiger partial charge in [-0.05, 0) is 52.1 Å². The average molecular weight is 360 g/mol. The maximum atomic E-state index is 12.2. The summed E-state index contributed by atoms with van der Waals surface area (Å²) in [5, 5.41) is 5.77. The highest BCUT2D eigenvalue weighted by Gasteiger charge is 2.10. The molecule has 0 radical (unpaired) electrons. The van der Waals surface area contributed by atoms with Gasteiger partial charge in [-0.2, -0.15) is 0 Å². The second-order valence-corrected chi connectivity index (χ2v) is 7.16. The molecule has 0 aliphatic heterocycles. The third-order valence-electron chi connectivity index (χ3n) is 3.68. The van der Waals surface area contributed by atoms with Crippen LogP contribution in [0.3, 0.4) is 0 Å². The van der Waals surface area contributed by atoms with Crippen LogP contribution < -0.4 is 10.6 Å². The zero-order valence-corrected chi connectivity index (χ0v) is 15.9. The first kappa shape index (κ1) is 19.1. The molecule has 2 aromatic rings. The van der Waals surface area contributed by atoms with Crippen LogP contribution in [-0.2, 0) is 16.0 Å². The van der Waals surface area contributed by atoms with E-state index in [9.17, 15) is 9.59 Å². The van der Waals surface area contributed by atoms with Gasteiger partial charge in [-0.1, -0.05) is 6.07 Å². The number of amides is 2. The average Bonchev–Trinajstić information content (AvgIpc) is 2.93.